The number of rotatable bonds is 9. The molecule has 10 nitrogen and oxygen atoms in total. The number of carbonyl (C=O) groups excluding carboxylic acids is 2. The number of ether oxygens (including phenoxy) is 2. The van der Waals surface area contributed by atoms with Gasteiger partial charge in [0, 0.05) is 43.9 Å². The van der Waals surface area contributed by atoms with E-state index in [2.05, 4.69) is 4.90 Å². The summed E-state index contributed by atoms with van der Waals surface area (Å²) in [7, 11) is 0. The van der Waals surface area contributed by atoms with Crippen LogP contribution in [0, 0.1) is 16.0 Å². The van der Waals surface area contributed by atoms with Gasteiger partial charge >= 0.3 is 0 Å². The first-order valence-electron chi connectivity index (χ1n) is 12.3. The number of ketones is 1. The molecule has 2 aliphatic heterocycles. The van der Waals surface area contributed by atoms with E-state index in [4.69, 9.17) is 9.47 Å². The number of hydrogen-bond acceptors (Lipinski definition) is 8. The number of amides is 1. The van der Waals surface area contributed by atoms with E-state index in [0.29, 0.717) is 62.2 Å². The van der Waals surface area contributed by atoms with Gasteiger partial charge in [0.15, 0.2) is 0 Å². The van der Waals surface area contributed by atoms with E-state index in [1.54, 1.807) is 30.3 Å². The molecular weight excluding hydrogens is 478 g/mol. The number of hydrogen-bond donors (Lipinski definition) is 1. The predicted octanol–water partition coefficient (Wildman–Crippen LogP) is 3.38. The molecular formula is C27H31N3O7. The van der Waals surface area contributed by atoms with Crippen molar-refractivity contribution in [3.05, 3.63) is 75.3 Å². The Morgan fingerprint density at radius 3 is 2.49 bits per heavy atom. The quantitative estimate of drug-likeness (QED) is 0.179. The summed E-state index contributed by atoms with van der Waals surface area (Å²) in [5.74, 6) is -0.943. The minimum Gasteiger partial charge on any atom is -0.507 e. The molecule has 2 aromatic carbocycles. The lowest BCUT2D eigenvalue weighted by Crippen LogP contribution is -2.42. The van der Waals surface area contributed by atoms with Crippen LogP contribution in [-0.4, -0.2) is 77.5 Å². The molecule has 2 saturated heterocycles. The number of nitro groups is 1. The number of Topliss-reactive ketones (excluding diaryl/α,β-unsaturated/α-hetero) is 1. The lowest BCUT2D eigenvalue weighted by atomic mass is 9.95. The van der Waals surface area contributed by atoms with Crippen LogP contribution >= 0.6 is 0 Å². The summed E-state index contributed by atoms with van der Waals surface area (Å²) in [4.78, 5) is 40.8. The van der Waals surface area contributed by atoms with Gasteiger partial charge in [-0.2, -0.15) is 0 Å². The molecule has 37 heavy (non-hydrogen) atoms. The molecule has 0 saturated carbocycles. The second-order valence-electron chi connectivity index (χ2n) is 9.53. The molecule has 2 aliphatic rings. The summed E-state index contributed by atoms with van der Waals surface area (Å²) < 4.78 is 11.1. The molecule has 0 spiro atoms. The van der Waals surface area contributed by atoms with Crippen LogP contribution in [0.2, 0.25) is 0 Å². The van der Waals surface area contributed by atoms with Crippen LogP contribution in [0.25, 0.3) is 5.76 Å². The summed E-state index contributed by atoms with van der Waals surface area (Å²) in [5, 5.41) is 22.7. The van der Waals surface area contributed by atoms with E-state index in [-0.39, 0.29) is 23.6 Å². The Morgan fingerprint density at radius 2 is 1.84 bits per heavy atom. The van der Waals surface area contributed by atoms with Gasteiger partial charge in [-0.25, -0.2) is 0 Å². The first kappa shape index (κ1) is 26.3. The van der Waals surface area contributed by atoms with Gasteiger partial charge in [0.1, 0.15) is 11.5 Å². The Hall–Kier alpha value is -3.76. The maximum absolute atomic E-state index is 13.2. The first-order chi connectivity index (χ1) is 17.8. The number of aliphatic hydroxyl groups excluding tert-OH is 1. The van der Waals surface area contributed by atoms with Gasteiger partial charge in [-0.3, -0.25) is 24.6 Å². The molecule has 2 fully saturated rings. The van der Waals surface area contributed by atoms with Crippen molar-refractivity contribution in [2.45, 2.75) is 19.9 Å². The van der Waals surface area contributed by atoms with E-state index in [9.17, 15) is 24.8 Å². The van der Waals surface area contributed by atoms with E-state index in [1.165, 1.54) is 23.1 Å². The summed E-state index contributed by atoms with van der Waals surface area (Å²) >= 11 is 0. The highest BCUT2D eigenvalue weighted by atomic mass is 16.6. The van der Waals surface area contributed by atoms with E-state index < -0.39 is 22.7 Å². The summed E-state index contributed by atoms with van der Waals surface area (Å²) in [6, 6.07) is 11.5. The second-order valence-corrected chi connectivity index (χ2v) is 9.53. The highest BCUT2D eigenvalue weighted by Gasteiger charge is 2.46. The predicted molar refractivity (Wildman–Crippen MR) is 136 cm³/mol. The number of aliphatic hydroxyl groups is 1. The summed E-state index contributed by atoms with van der Waals surface area (Å²) in [5.41, 5.74) is 0.471. The van der Waals surface area contributed by atoms with Crippen LogP contribution in [0.1, 0.15) is 31.0 Å². The molecule has 0 aliphatic carbocycles. The van der Waals surface area contributed by atoms with Crippen molar-refractivity contribution in [1.29, 1.82) is 0 Å². The molecule has 1 atom stereocenters. The van der Waals surface area contributed by atoms with Crippen molar-refractivity contribution >= 4 is 23.1 Å². The van der Waals surface area contributed by atoms with E-state index >= 15 is 0 Å². The normalized spacial score (nSPS) is 20.0. The largest absolute Gasteiger partial charge is 0.507 e. The fourth-order valence-corrected chi connectivity index (χ4v) is 4.47. The number of non-ortho nitro benzene ring substituents is 1. The standard InChI is InChI=1S/C27H31N3O7/c1-18(2)17-37-22-8-6-19(7-9-22)25(31)23-24(20-4-3-5-21(16-20)30(34)35)29(27(33)26(23)32)11-10-28-12-14-36-15-13-28/h3-9,16,18,24,31H,10-15,17H2,1-2H3/b25-23+/t24-/m0/s1. The molecule has 1 N–H and O–H groups in total. The topological polar surface area (TPSA) is 122 Å². The van der Waals surface area contributed by atoms with E-state index in [1.807, 2.05) is 13.8 Å². The van der Waals surface area contributed by atoms with E-state index in [0.717, 1.165) is 0 Å². The number of morpholine rings is 1. The Kier molecular flexibility index (Phi) is 8.20. The maximum Gasteiger partial charge on any atom is 0.295 e. The van der Waals surface area contributed by atoms with Gasteiger partial charge in [-0.1, -0.05) is 26.0 Å². The third-order valence-electron chi connectivity index (χ3n) is 6.41. The summed E-state index contributed by atoms with van der Waals surface area (Å²) in [6.07, 6.45) is 0. The van der Waals surface area contributed by atoms with Gasteiger partial charge in [-0.05, 0) is 35.7 Å². The maximum atomic E-state index is 13.2. The van der Waals surface area contributed by atoms with Crippen LogP contribution in [0.3, 0.4) is 0 Å². The molecule has 196 valence electrons. The van der Waals surface area contributed by atoms with Gasteiger partial charge in [0.05, 0.1) is 36.4 Å². The lowest BCUT2D eigenvalue weighted by molar-refractivity contribution is -0.384. The van der Waals surface area contributed by atoms with Crippen LogP contribution in [0.5, 0.6) is 5.75 Å². The van der Waals surface area contributed by atoms with Crippen molar-refractivity contribution in [2.75, 3.05) is 46.0 Å². The molecule has 1 amide bonds. The van der Waals surface area contributed by atoms with Gasteiger partial charge in [0.25, 0.3) is 17.4 Å². The SMILES string of the molecule is CC(C)COc1ccc(/C(O)=C2\C(=O)C(=O)N(CCN3CCOCC3)[C@H]2c2cccc([N+](=O)[O-])c2)cc1. The Labute approximate surface area is 215 Å². The number of benzene rings is 2. The zero-order valence-corrected chi connectivity index (χ0v) is 21.0. The molecule has 0 bridgehead atoms. The van der Waals surface area contributed by atoms with Crippen molar-refractivity contribution in [1.82, 2.24) is 9.80 Å². The van der Waals surface area contributed by atoms with Crippen molar-refractivity contribution in [3.8, 4) is 5.75 Å². The van der Waals surface area contributed by atoms with Crippen molar-refractivity contribution in [2.24, 2.45) is 5.92 Å². The van der Waals surface area contributed by atoms with Crippen molar-refractivity contribution < 1.29 is 29.1 Å². The molecule has 0 radical (unpaired) electrons. The average molecular weight is 510 g/mol. The van der Waals surface area contributed by atoms with Gasteiger partial charge < -0.3 is 19.5 Å². The monoisotopic (exact) mass is 509 g/mol. The third kappa shape index (κ3) is 5.98. The molecule has 0 unspecified atom stereocenters. The van der Waals surface area contributed by atoms with Crippen molar-refractivity contribution in [3.63, 3.8) is 0 Å². The molecule has 0 aromatic heterocycles. The smallest absolute Gasteiger partial charge is 0.295 e. The zero-order chi connectivity index (χ0) is 26.5. The number of likely N-dealkylation sites (tertiary alicyclic amines) is 1. The Balaban J connectivity index is 1.71. The third-order valence-corrected chi connectivity index (χ3v) is 6.41. The first-order valence-corrected chi connectivity index (χ1v) is 12.3. The van der Waals surface area contributed by atoms with Crippen LogP contribution in [0.4, 0.5) is 5.69 Å². The van der Waals surface area contributed by atoms with Gasteiger partial charge in [-0.15, -0.1) is 0 Å². The average Bonchev–Trinajstić information content (AvgIpc) is 3.16. The minimum absolute atomic E-state index is 0.0941. The molecule has 10 heteroatoms. The molecule has 2 heterocycles. The molecule has 4 rings (SSSR count). The minimum atomic E-state index is -0.960. The summed E-state index contributed by atoms with van der Waals surface area (Å²) in [6.45, 7) is 7.91. The highest BCUT2D eigenvalue weighted by Crippen LogP contribution is 2.40. The van der Waals surface area contributed by atoms with Crippen LogP contribution in [0.15, 0.2) is 54.1 Å². The lowest BCUT2D eigenvalue weighted by Gasteiger charge is -2.31. The van der Waals surface area contributed by atoms with Gasteiger partial charge in [0.2, 0.25) is 0 Å². The Morgan fingerprint density at radius 1 is 1.14 bits per heavy atom. The fraction of sp³-hybridized carbons (Fsp3) is 0.407. The molecule has 2 aromatic rings. The zero-order valence-electron chi connectivity index (χ0n) is 21.0. The second kappa shape index (κ2) is 11.5. The Bertz CT molecular complexity index is 1190. The van der Waals surface area contributed by atoms with Crippen LogP contribution in [-0.2, 0) is 14.3 Å². The fourth-order valence-electron chi connectivity index (χ4n) is 4.47. The number of nitro benzene ring substituents is 1. The number of carbonyl (C=O) groups is 2. The van der Waals surface area contributed by atoms with Crippen LogP contribution < -0.4 is 4.74 Å². The highest BCUT2D eigenvalue weighted by molar-refractivity contribution is 6.46. The number of nitrogens with zero attached hydrogens (tertiary/aromatic N) is 3.